The van der Waals surface area contributed by atoms with Gasteiger partial charge in [0.1, 0.15) is 10.6 Å². The number of carbonyl (C=O) groups excluding carboxylic acids is 1. The van der Waals surface area contributed by atoms with Gasteiger partial charge in [0.15, 0.2) is 0 Å². The van der Waals surface area contributed by atoms with Crippen LogP contribution in [0.5, 0.6) is 5.88 Å². The second kappa shape index (κ2) is 5.67. The molecule has 0 fully saturated rings. The summed E-state index contributed by atoms with van der Waals surface area (Å²) >= 11 is 1.18. The molecular weight excluding hydrogens is 260 g/mol. The molecule has 0 bridgehead atoms. The first kappa shape index (κ1) is 14.2. The van der Waals surface area contributed by atoms with E-state index in [1.54, 1.807) is 20.8 Å². The Kier molecular flexibility index (Phi) is 4.49. The van der Waals surface area contributed by atoms with E-state index in [1.807, 2.05) is 0 Å². The van der Waals surface area contributed by atoms with Gasteiger partial charge in [-0.3, -0.25) is 0 Å². The van der Waals surface area contributed by atoms with E-state index in [9.17, 15) is 9.59 Å². The largest absolute Gasteiger partial charge is 0.512 e. The molecule has 1 rings (SSSR count). The molecule has 1 aromatic heterocycles. The second-order valence-corrected chi connectivity index (χ2v) is 5.25. The van der Waals surface area contributed by atoms with Crippen molar-refractivity contribution in [2.75, 3.05) is 0 Å². The van der Waals surface area contributed by atoms with Crippen molar-refractivity contribution in [1.29, 1.82) is 0 Å². The van der Waals surface area contributed by atoms with Crippen molar-refractivity contribution in [3.63, 3.8) is 0 Å². The summed E-state index contributed by atoms with van der Waals surface area (Å²) in [6, 6.07) is 0. The van der Waals surface area contributed by atoms with Gasteiger partial charge in [-0.2, -0.15) is 0 Å². The lowest BCUT2D eigenvalue weighted by atomic mass is 10.2. The lowest BCUT2D eigenvalue weighted by Crippen LogP contribution is -2.32. The summed E-state index contributed by atoms with van der Waals surface area (Å²) in [5, 5.41) is 12.9. The van der Waals surface area contributed by atoms with Gasteiger partial charge >= 0.3 is 12.2 Å². The smallest absolute Gasteiger partial charge is 0.449 e. The SMILES string of the molecule is CC(C)(C)OC(=O)NCc1nc(OC(=O)O)cs1. The molecule has 8 heteroatoms. The number of alkyl carbamates (subject to hydrolysis) is 1. The summed E-state index contributed by atoms with van der Waals surface area (Å²) in [5.41, 5.74) is -0.565. The van der Waals surface area contributed by atoms with Gasteiger partial charge in [0.05, 0.1) is 11.9 Å². The predicted octanol–water partition coefficient (Wildman–Crippen LogP) is 2.22. The number of hydrogen-bond acceptors (Lipinski definition) is 6. The number of rotatable bonds is 3. The van der Waals surface area contributed by atoms with Gasteiger partial charge in [0.2, 0.25) is 5.88 Å². The highest BCUT2D eigenvalue weighted by Gasteiger charge is 2.16. The van der Waals surface area contributed by atoms with Crippen LogP contribution in [-0.2, 0) is 11.3 Å². The molecule has 100 valence electrons. The minimum absolute atomic E-state index is 0.00603. The third-order valence-electron chi connectivity index (χ3n) is 1.51. The number of nitrogens with one attached hydrogen (secondary N) is 1. The number of carboxylic acid groups (broad SMARTS) is 1. The lowest BCUT2D eigenvalue weighted by Gasteiger charge is -2.19. The van der Waals surface area contributed by atoms with Gasteiger partial charge in [-0.1, -0.05) is 0 Å². The second-order valence-electron chi connectivity index (χ2n) is 4.30. The first-order valence-electron chi connectivity index (χ1n) is 5.08. The van der Waals surface area contributed by atoms with E-state index < -0.39 is 17.8 Å². The Morgan fingerprint density at radius 3 is 2.72 bits per heavy atom. The fourth-order valence-corrected chi connectivity index (χ4v) is 1.61. The summed E-state index contributed by atoms with van der Waals surface area (Å²) in [6.45, 7) is 5.43. The Hall–Kier alpha value is -1.83. The van der Waals surface area contributed by atoms with Gasteiger partial charge < -0.3 is 19.9 Å². The molecule has 0 aliphatic carbocycles. The van der Waals surface area contributed by atoms with Crippen molar-refractivity contribution >= 4 is 23.6 Å². The molecule has 1 aromatic rings. The third-order valence-corrected chi connectivity index (χ3v) is 2.33. The van der Waals surface area contributed by atoms with Crippen LogP contribution in [0.25, 0.3) is 0 Å². The summed E-state index contributed by atoms with van der Waals surface area (Å²) < 4.78 is 9.39. The number of amides is 1. The molecular formula is C10H14N2O5S. The lowest BCUT2D eigenvalue weighted by molar-refractivity contribution is 0.0523. The Labute approximate surface area is 108 Å². The van der Waals surface area contributed by atoms with Crippen LogP contribution in [0.4, 0.5) is 9.59 Å². The summed E-state index contributed by atoms with van der Waals surface area (Å²) in [6.07, 6.45) is -1.98. The molecule has 2 N–H and O–H groups in total. The quantitative estimate of drug-likeness (QED) is 0.820. The van der Waals surface area contributed by atoms with E-state index in [0.29, 0.717) is 5.01 Å². The average Bonchev–Trinajstić information content (AvgIpc) is 2.59. The van der Waals surface area contributed by atoms with Gasteiger partial charge in [0, 0.05) is 0 Å². The topological polar surface area (TPSA) is 97.8 Å². The van der Waals surface area contributed by atoms with E-state index in [4.69, 9.17) is 9.84 Å². The van der Waals surface area contributed by atoms with E-state index in [1.165, 1.54) is 16.7 Å². The van der Waals surface area contributed by atoms with Crippen molar-refractivity contribution in [1.82, 2.24) is 10.3 Å². The summed E-state index contributed by atoms with van der Waals surface area (Å²) in [7, 11) is 0. The predicted molar refractivity (Wildman–Crippen MR) is 63.8 cm³/mol. The zero-order valence-electron chi connectivity index (χ0n) is 10.2. The molecule has 1 heterocycles. The molecule has 0 unspecified atom stereocenters. The summed E-state index contributed by atoms with van der Waals surface area (Å²) in [5.74, 6) is -0.00603. The fourth-order valence-electron chi connectivity index (χ4n) is 0.974. The number of thiazole rings is 1. The van der Waals surface area contributed by atoms with Crippen LogP contribution in [0.3, 0.4) is 0 Å². The molecule has 7 nitrogen and oxygen atoms in total. The van der Waals surface area contributed by atoms with Crippen molar-refractivity contribution in [2.45, 2.75) is 32.9 Å². The maximum Gasteiger partial charge on any atom is 0.512 e. The maximum atomic E-state index is 11.3. The van der Waals surface area contributed by atoms with Gasteiger partial charge in [0.25, 0.3) is 0 Å². The van der Waals surface area contributed by atoms with E-state index in [2.05, 4.69) is 15.0 Å². The monoisotopic (exact) mass is 274 g/mol. The molecule has 0 spiro atoms. The van der Waals surface area contributed by atoms with Crippen molar-refractivity contribution in [3.05, 3.63) is 10.4 Å². The Bertz CT molecular complexity index is 438. The maximum absolute atomic E-state index is 11.3. The molecule has 0 saturated heterocycles. The number of nitrogens with zero attached hydrogens (tertiary/aromatic N) is 1. The number of hydrogen-bond donors (Lipinski definition) is 2. The molecule has 0 aromatic carbocycles. The zero-order valence-corrected chi connectivity index (χ0v) is 11.0. The molecule has 1 amide bonds. The fraction of sp³-hybridized carbons (Fsp3) is 0.500. The van der Waals surface area contributed by atoms with Crippen LogP contribution >= 0.6 is 11.3 Å². The number of carbonyl (C=O) groups is 2. The average molecular weight is 274 g/mol. The first-order chi connectivity index (χ1) is 8.26. The standard InChI is InChI=1S/C10H14N2O5S/c1-10(2,3)17-8(13)11-4-7-12-6(5-18-7)16-9(14)15/h5H,4H2,1-3H3,(H,11,13)(H,14,15). The third kappa shape index (κ3) is 5.48. The highest BCUT2D eigenvalue weighted by molar-refractivity contribution is 7.09. The Morgan fingerprint density at radius 1 is 1.50 bits per heavy atom. The van der Waals surface area contributed by atoms with Crippen molar-refractivity contribution < 1.29 is 24.2 Å². The Balaban J connectivity index is 2.42. The first-order valence-corrected chi connectivity index (χ1v) is 5.96. The van der Waals surface area contributed by atoms with Crippen LogP contribution in [0.15, 0.2) is 5.38 Å². The van der Waals surface area contributed by atoms with E-state index in [0.717, 1.165) is 0 Å². The van der Waals surface area contributed by atoms with Gasteiger partial charge in [-0.05, 0) is 20.8 Å². The molecule has 0 atom stereocenters. The summed E-state index contributed by atoms with van der Waals surface area (Å²) in [4.78, 5) is 25.5. The van der Waals surface area contributed by atoms with Crippen LogP contribution in [0.2, 0.25) is 0 Å². The van der Waals surface area contributed by atoms with Crippen LogP contribution in [-0.4, -0.2) is 27.9 Å². The number of aromatic nitrogens is 1. The van der Waals surface area contributed by atoms with Crippen LogP contribution in [0.1, 0.15) is 25.8 Å². The normalized spacial score (nSPS) is 10.8. The van der Waals surface area contributed by atoms with E-state index >= 15 is 0 Å². The van der Waals surface area contributed by atoms with Crippen LogP contribution < -0.4 is 10.1 Å². The molecule has 18 heavy (non-hydrogen) atoms. The number of ether oxygens (including phenoxy) is 2. The van der Waals surface area contributed by atoms with E-state index in [-0.39, 0.29) is 12.4 Å². The van der Waals surface area contributed by atoms with Crippen molar-refractivity contribution in [3.8, 4) is 5.88 Å². The molecule has 0 aliphatic rings. The highest BCUT2D eigenvalue weighted by atomic mass is 32.1. The molecule has 0 aliphatic heterocycles. The Morgan fingerprint density at radius 2 is 2.17 bits per heavy atom. The van der Waals surface area contributed by atoms with Crippen molar-refractivity contribution in [2.24, 2.45) is 0 Å². The van der Waals surface area contributed by atoms with Crippen LogP contribution in [0, 0.1) is 0 Å². The molecule has 0 saturated carbocycles. The van der Waals surface area contributed by atoms with Gasteiger partial charge in [-0.25, -0.2) is 14.6 Å². The zero-order chi connectivity index (χ0) is 13.8. The minimum Gasteiger partial charge on any atom is -0.449 e. The highest BCUT2D eigenvalue weighted by Crippen LogP contribution is 2.16. The minimum atomic E-state index is -1.42. The molecule has 0 radical (unpaired) electrons. The van der Waals surface area contributed by atoms with Gasteiger partial charge in [-0.15, -0.1) is 11.3 Å².